The second-order valence-corrected chi connectivity index (χ2v) is 6.27. The molecule has 0 aliphatic carbocycles. The van der Waals surface area contributed by atoms with Crippen molar-refractivity contribution in [2.75, 3.05) is 5.73 Å². The monoisotopic (exact) mass is 284 g/mol. The van der Waals surface area contributed by atoms with Gasteiger partial charge in [0.1, 0.15) is 15.7 Å². The quantitative estimate of drug-likeness (QED) is 0.878. The Morgan fingerprint density at radius 1 is 1.39 bits per heavy atom. The lowest BCUT2D eigenvalue weighted by Gasteiger charge is -2.11. The maximum Gasteiger partial charge on any atom is 0.242 e. The molecule has 2 rings (SSSR count). The average molecular weight is 284 g/mol. The second kappa shape index (κ2) is 5.01. The zero-order valence-corrected chi connectivity index (χ0v) is 11.2. The number of anilines is 1. The molecule has 6 nitrogen and oxygen atoms in total. The van der Waals surface area contributed by atoms with Crippen molar-refractivity contribution in [2.24, 2.45) is 0 Å². The molecule has 0 fully saturated rings. The van der Waals surface area contributed by atoms with Crippen molar-refractivity contribution in [2.45, 2.75) is 17.9 Å². The SMILES string of the molecule is CC(NS(=O)(=O)c1ccc(N)nc1)c1nccs1. The van der Waals surface area contributed by atoms with Crippen molar-refractivity contribution in [3.05, 3.63) is 34.9 Å². The lowest BCUT2D eigenvalue weighted by Crippen LogP contribution is -2.26. The molecule has 0 bridgehead atoms. The topological polar surface area (TPSA) is 98.0 Å². The molecule has 0 amide bonds. The molecule has 18 heavy (non-hydrogen) atoms. The van der Waals surface area contributed by atoms with Crippen LogP contribution in [0.4, 0.5) is 5.82 Å². The van der Waals surface area contributed by atoms with Gasteiger partial charge in [-0.1, -0.05) is 0 Å². The molecule has 2 aromatic rings. The number of hydrogen-bond donors (Lipinski definition) is 2. The average Bonchev–Trinajstić information content (AvgIpc) is 2.82. The summed E-state index contributed by atoms with van der Waals surface area (Å²) in [7, 11) is -3.60. The summed E-state index contributed by atoms with van der Waals surface area (Å²) in [5, 5.41) is 2.51. The smallest absolute Gasteiger partial charge is 0.242 e. The van der Waals surface area contributed by atoms with Crippen LogP contribution in [0.2, 0.25) is 0 Å². The zero-order valence-electron chi connectivity index (χ0n) is 9.57. The predicted molar refractivity (Wildman–Crippen MR) is 69.5 cm³/mol. The van der Waals surface area contributed by atoms with Crippen LogP contribution < -0.4 is 10.5 Å². The Kier molecular flexibility index (Phi) is 3.60. The van der Waals surface area contributed by atoms with E-state index in [1.165, 1.54) is 29.7 Å². The molecule has 0 spiro atoms. The molecular formula is C10H12N4O2S2. The third-order valence-corrected chi connectivity index (χ3v) is 4.71. The number of nitrogens with two attached hydrogens (primary N) is 1. The lowest BCUT2D eigenvalue weighted by molar-refractivity contribution is 0.566. The molecule has 2 aromatic heterocycles. The van der Waals surface area contributed by atoms with Gasteiger partial charge in [-0.2, -0.15) is 0 Å². The van der Waals surface area contributed by atoms with Crippen LogP contribution in [-0.2, 0) is 10.0 Å². The van der Waals surface area contributed by atoms with Crippen molar-refractivity contribution in [1.29, 1.82) is 0 Å². The molecule has 0 saturated carbocycles. The molecular weight excluding hydrogens is 272 g/mol. The highest BCUT2D eigenvalue weighted by molar-refractivity contribution is 7.89. The first kappa shape index (κ1) is 12.9. The molecule has 0 radical (unpaired) electrons. The van der Waals surface area contributed by atoms with E-state index >= 15 is 0 Å². The Hall–Kier alpha value is -1.51. The van der Waals surface area contributed by atoms with Crippen LogP contribution in [0.25, 0.3) is 0 Å². The van der Waals surface area contributed by atoms with Crippen molar-refractivity contribution >= 4 is 27.2 Å². The van der Waals surface area contributed by atoms with Gasteiger partial charge < -0.3 is 5.73 Å². The Labute approximate surface area is 109 Å². The Morgan fingerprint density at radius 3 is 2.72 bits per heavy atom. The molecule has 0 aliphatic rings. The van der Waals surface area contributed by atoms with Gasteiger partial charge in [0, 0.05) is 17.8 Å². The first-order valence-electron chi connectivity index (χ1n) is 5.12. The minimum atomic E-state index is -3.60. The fourth-order valence-electron chi connectivity index (χ4n) is 1.35. The van der Waals surface area contributed by atoms with Crippen LogP contribution in [0.5, 0.6) is 0 Å². The summed E-state index contributed by atoms with van der Waals surface area (Å²) in [4.78, 5) is 7.91. The van der Waals surface area contributed by atoms with Gasteiger partial charge in [0.25, 0.3) is 0 Å². The second-order valence-electron chi connectivity index (χ2n) is 3.63. The van der Waals surface area contributed by atoms with Crippen LogP contribution in [-0.4, -0.2) is 18.4 Å². The fraction of sp³-hybridized carbons (Fsp3) is 0.200. The molecule has 3 N–H and O–H groups in total. The number of thiazole rings is 1. The van der Waals surface area contributed by atoms with E-state index in [1.54, 1.807) is 18.5 Å². The van der Waals surface area contributed by atoms with Gasteiger partial charge >= 0.3 is 0 Å². The number of hydrogen-bond acceptors (Lipinski definition) is 6. The molecule has 0 saturated heterocycles. The van der Waals surface area contributed by atoms with E-state index in [2.05, 4.69) is 14.7 Å². The van der Waals surface area contributed by atoms with E-state index in [-0.39, 0.29) is 16.8 Å². The third-order valence-electron chi connectivity index (χ3n) is 2.22. The predicted octanol–water partition coefficient (Wildman–Crippen LogP) is 1.16. The molecule has 8 heteroatoms. The first-order chi connectivity index (χ1) is 8.49. The van der Waals surface area contributed by atoms with E-state index in [1.807, 2.05) is 0 Å². The number of pyridine rings is 1. The first-order valence-corrected chi connectivity index (χ1v) is 7.48. The Balaban J connectivity index is 2.20. The molecule has 96 valence electrons. The minimum Gasteiger partial charge on any atom is -0.384 e. The van der Waals surface area contributed by atoms with E-state index < -0.39 is 10.0 Å². The highest BCUT2D eigenvalue weighted by Crippen LogP contribution is 2.18. The van der Waals surface area contributed by atoms with Crippen LogP contribution in [0.15, 0.2) is 34.8 Å². The minimum absolute atomic E-state index is 0.0834. The van der Waals surface area contributed by atoms with Gasteiger partial charge in [0.15, 0.2) is 0 Å². The number of rotatable bonds is 4. The van der Waals surface area contributed by atoms with Crippen molar-refractivity contribution < 1.29 is 8.42 Å². The Bertz CT molecular complexity index is 608. The van der Waals surface area contributed by atoms with Crippen LogP contribution >= 0.6 is 11.3 Å². The number of nitrogens with zero attached hydrogens (tertiary/aromatic N) is 2. The van der Waals surface area contributed by atoms with Gasteiger partial charge in [0.05, 0.1) is 6.04 Å². The summed E-state index contributed by atoms with van der Waals surface area (Å²) in [6.07, 6.45) is 2.86. The summed E-state index contributed by atoms with van der Waals surface area (Å²) in [6, 6.07) is 2.48. The van der Waals surface area contributed by atoms with Crippen LogP contribution in [0.3, 0.4) is 0 Å². The van der Waals surface area contributed by atoms with Gasteiger partial charge in [-0.15, -0.1) is 11.3 Å². The van der Waals surface area contributed by atoms with E-state index in [0.717, 1.165) is 0 Å². The number of nitrogen functional groups attached to an aromatic ring is 1. The van der Waals surface area contributed by atoms with E-state index in [4.69, 9.17) is 5.73 Å². The normalized spacial score (nSPS) is 13.4. The highest BCUT2D eigenvalue weighted by Gasteiger charge is 2.19. The van der Waals surface area contributed by atoms with Crippen molar-refractivity contribution in [3.8, 4) is 0 Å². The largest absolute Gasteiger partial charge is 0.384 e. The summed E-state index contributed by atoms with van der Waals surface area (Å²) in [5.41, 5.74) is 5.41. The number of sulfonamides is 1. The standard InChI is InChI=1S/C10H12N4O2S2/c1-7(10-12-4-5-17-10)14-18(15,16)8-2-3-9(11)13-6-8/h2-7,14H,1H3,(H2,11,13). The fourth-order valence-corrected chi connectivity index (χ4v) is 3.22. The van der Waals surface area contributed by atoms with Crippen molar-refractivity contribution in [3.63, 3.8) is 0 Å². The van der Waals surface area contributed by atoms with E-state index in [9.17, 15) is 8.42 Å². The van der Waals surface area contributed by atoms with Gasteiger partial charge in [-0.3, -0.25) is 0 Å². The zero-order chi connectivity index (χ0) is 13.2. The van der Waals surface area contributed by atoms with E-state index in [0.29, 0.717) is 5.01 Å². The highest BCUT2D eigenvalue weighted by atomic mass is 32.2. The summed E-state index contributed by atoms with van der Waals surface area (Å²) in [5.74, 6) is 0.280. The molecule has 1 unspecified atom stereocenters. The van der Waals surface area contributed by atoms with Crippen LogP contribution in [0, 0.1) is 0 Å². The summed E-state index contributed by atoms with van der Waals surface area (Å²) in [6.45, 7) is 1.74. The number of nitrogens with one attached hydrogen (secondary N) is 1. The third kappa shape index (κ3) is 2.84. The van der Waals surface area contributed by atoms with Crippen LogP contribution in [0.1, 0.15) is 18.0 Å². The Morgan fingerprint density at radius 2 is 2.17 bits per heavy atom. The number of aromatic nitrogens is 2. The maximum atomic E-state index is 12.0. The van der Waals surface area contributed by atoms with Gasteiger partial charge in [-0.25, -0.2) is 23.1 Å². The van der Waals surface area contributed by atoms with Crippen molar-refractivity contribution in [1.82, 2.24) is 14.7 Å². The molecule has 0 aliphatic heterocycles. The summed E-state index contributed by atoms with van der Waals surface area (Å²) < 4.78 is 26.6. The lowest BCUT2D eigenvalue weighted by atomic mass is 10.4. The maximum absolute atomic E-state index is 12.0. The summed E-state index contributed by atoms with van der Waals surface area (Å²) >= 11 is 1.40. The van der Waals surface area contributed by atoms with Gasteiger partial charge in [-0.05, 0) is 19.1 Å². The molecule has 1 atom stereocenters. The molecule has 0 aromatic carbocycles. The molecule has 2 heterocycles. The van der Waals surface area contributed by atoms with Gasteiger partial charge in [0.2, 0.25) is 10.0 Å².